The standard InChI is InChI=1S/C38H44ClIN7O4/c1-26(27(2)48)45-44-25-41-30-4-6-31(7-5-30)46-15-17-47(18-16-46)32-8-10-33(11-9-32)49-23-34-24-50-38(51-34,20-28-13-14-42-43-22-28)35-12-3-29(19-36(35)39)37-21-40-37/h3-14,19,22,25-27,34,37,45,48H,15-18,20-21,23-24H2,1-2H3,(H,41,44)/q-1. The Labute approximate surface area is 314 Å². The van der Waals surface area contributed by atoms with E-state index in [1.807, 2.05) is 37.3 Å². The molecule has 0 amide bonds. The van der Waals surface area contributed by atoms with Gasteiger partial charge in [0.25, 0.3) is 0 Å². The number of rotatable bonds is 14. The predicted octanol–water partition coefficient (Wildman–Crippen LogP) is 2.01. The van der Waals surface area contributed by atoms with Crippen LogP contribution in [0.15, 0.2) is 90.2 Å². The Kier molecular flexibility index (Phi) is 11.6. The zero-order chi connectivity index (χ0) is 35.2. The molecule has 7 rings (SSSR count). The number of piperazine rings is 1. The van der Waals surface area contributed by atoms with Gasteiger partial charge in [0, 0.05) is 43.6 Å². The van der Waals surface area contributed by atoms with Crippen LogP contribution in [0.25, 0.3) is 0 Å². The smallest absolute Gasteiger partial charge is 0.0366 e. The van der Waals surface area contributed by atoms with E-state index in [4.69, 9.17) is 25.8 Å². The van der Waals surface area contributed by atoms with Gasteiger partial charge in [-0.25, -0.2) is 10.4 Å². The van der Waals surface area contributed by atoms with E-state index in [9.17, 15) is 5.11 Å². The summed E-state index contributed by atoms with van der Waals surface area (Å²) in [6, 6.07) is 24.7. The van der Waals surface area contributed by atoms with Crippen molar-refractivity contribution < 1.29 is 40.5 Å². The molecule has 0 spiro atoms. The summed E-state index contributed by atoms with van der Waals surface area (Å²) in [5, 5.41) is 18.2. The third kappa shape index (κ3) is 9.10. The van der Waals surface area contributed by atoms with Crippen LogP contribution in [0.1, 0.15) is 34.5 Å². The van der Waals surface area contributed by atoms with Gasteiger partial charge in [0.1, 0.15) is 6.34 Å². The molecule has 0 bridgehead atoms. The number of halogens is 2. The van der Waals surface area contributed by atoms with E-state index in [0.29, 0.717) is 28.6 Å². The number of alkyl halides is 2. The van der Waals surface area contributed by atoms with Crippen molar-refractivity contribution in [3.63, 3.8) is 0 Å². The van der Waals surface area contributed by atoms with Crippen molar-refractivity contribution in [2.75, 3.05) is 53.6 Å². The van der Waals surface area contributed by atoms with E-state index < -0.39 is 11.9 Å². The third-order valence-corrected chi connectivity index (χ3v) is 12.3. The number of nitrogens with zero attached hydrogens (tertiary/aromatic N) is 5. The number of hydrogen-bond acceptors (Lipinski definition) is 10. The van der Waals surface area contributed by atoms with Crippen LogP contribution in [-0.2, 0) is 21.7 Å². The van der Waals surface area contributed by atoms with E-state index in [1.165, 1.54) is 21.4 Å². The molecule has 13 heteroatoms. The van der Waals surface area contributed by atoms with E-state index in [0.717, 1.165) is 48.7 Å². The molecular formula is C38H44ClIN7O4-. The Morgan fingerprint density at radius 1 is 1.02 bits per heavy atom. The number of aliphatic hydroxyl groups excluding tert-OH is 1. The van der Waals surface area contributed by atoms with Gasteiger partial charge in [-0.1, -0.05) is 0 Å². The Morgan fingerprint density at radius 2 is 1.73 bits per heavy atom. The van der Waals surface area contributed by atoms with Crippen molar-refractivity contribution >= 4 is 35.0 Å². The predicted molar refractivity (Wildman–Crippen MR) is 196 cm³/mol. The molecule has 3 N–H and O–H groups in total. The summed E-state index contributed by atoms with van der Waals surface area (Å²) in [6.45, 7) is 8.08. The first-order valence-electron chi connectivity index (χ1n) is 17.3. The van der Waals surface area contributed by atoms with Crippen LogP contribution in [0.5, 0.6) is 5.75 Å². The summed E-state index contributed by atoms with van der Waals surface area (Å²) in [6.07, 6.45) is 4.77. The fraction of sp³-hybridized carbons (Fsp3) is 0.395. The second-order valence-electron chi connectivity index (χ2n) is 13.1. The van der Waals surface area contributed by atoms with Crippen LogP contribution in [0.3, 0.4) is 0 Å². The average Bonchev–Trinajstić information content (AvgIpc) is 3.94. The molecule has 11 nitrogen and oxygen atoms in total. The van der Waals surface area contributed by atoms with E-state index in [-0.39, 0.29) is 33.4 Å². The Morgan fingerprint density at radius 3 is 2.35 bits per heavy atom. The summed E-state index contributed by atoms with van der Waals surface area (Å²) in [4.78, 5) is 9.23. The molecule has 0 aliphatic carbocycles. The molecule has 4 heterocycles. The second-order valence-corrected chi connectivity index (χ2v) is 16.8. The molecule has 5 atom stereocenters. The van der Waals surface area contributed by atoms with Crippen LogP contribution in [0.4, 0.5) is 17.1 Å². The van der Waals surface area contributed by atoms with E-state index in [2.05, 4.69) is 78.3 Å². The minimum absolute atomic E-state index is 0.0815. The van der Waals surface area contributed by atoms with Crippen LogP contribution < -0.4 is 46.6 Å². The number of hydrogen-bond donors (Lipinski definition) is 3. The number of benzene rings is 3. The summed E-state index contributed by atoms with van der Waals surface area (Å²) in [5.74, 6) is -0.237. The number of aliphatic imine (C=N–C) groups is 1. The number of hydrazine groups is 1. The third-order valence-electron chi connectivity index (χ3n) is 9.46. The topological polar surface area (TPSA) is 117 Å². The van der Waals surface area contributed by atoms with Crippen LogP contribution in [0, 0.1) is 0 Å². The molecule has 0 saturated carbocycles. The number of nitrogens with one attached hydrogen (secondary N) is 2. The van der Waals surface area contributed by atoms with E-state index in [1.54, 1.807) is 25.7 Å². The van der Waals surface area contributed by atoms with Crippen molar-refractivity contribution in [3.05, 3.63) is 107 Å². The Bertz CT molecular complexity index is 1760. The van der Waals surface area contributed by atoms with Crippen LogP contribution in [0.2, 0.25) is 5.02 Å². The average molecular weight is 825 g/mol. The molecule has 1 aromatic heterocycles. The molecule has 3 saturated heterocycles. The van der Waals surface area contributed by atoms with Gasteiger partial charge in [-0.2, -0.15) is 0 Å². The Balaban J connectivity index is 0.902. The maximum absolute atomic E-state index is 9.56. The van der Waals surface area contributed by atoms with Crippen LogP contribution >= 0.6 is 11.6 Å². The molecule has 51 heavy (non-hydrogen) atoms. The first kappa shape index (κ1) is 35.9. The summed E-state index contributed by atoms with van der Waals surface area (Å²) in [7, 11) is 0. The van der Waals surface area contributed by atoms with Gasteiger partial charge in [0.05, 0.1) is 11.8 Å². The first-order chi connectivity index (χ1) is 24.8. The van der Waals surface area contributed by atoms with E-state index >= 15 is 0 Å². The first-order valence-corrected chi connectivity index (χ1v) is 20.5. The van der Waals surface area contributed by atoms with Crippen molar-refractivity contribution in [1.29, 1.82) is 0 Å². The number of anilines is 2. The monoisotopic (exact) mass is 824 g/mol. The molecule has 3 fully saturated rings. The number of aromatic nitrogens is 2. The minimum atomic E-state index is -1.03. The quantitative estimate of drug-likeness (QED) is 0.0574. The molecule has 5 unspecified atom stereocenters. The van der Waals surface area contributed by atoms with Crippen molar-refractivity contribution in [2.24, 2.45) is 4.99 Å². The summed E-state index contributed by atoms with van der Waals surface area (Å²) in [5.41, 5.74) is 12.2. The van der Waals surface area contributed by atoms with Crippen molar-refractivity contribution in [1.82, 2.24) is 21.0 Å². The number of aliphatic hydroxyl groups is 1. The van der Waals surface area contributed by atoms with Gasteiger partial charge < -0.3 is 20.3 Å². The minimum Gasteiger partial charge on any atom is -0.0366 e. The van der Waals surface area contributed by atoms with Gasteiger partial charge in [-0.05, 0) is 50.2 Å². The van der Waals surface area contributed by atoms with Crippen LogP contribution in [-0.4, -0.2) is 83.7 Å². The maximum atomic E-state index is 9.56. The molecule has 270 valence electrons. The molecule has 4 aromatic rings. The molecule has 3 aromatic carbocycles. The zero-order valence-corrected chi connectivity index (χ0v) is 31.7. The van der Waals surface area contributed by atoms with Gasteiger partial charge in [0.2, 0.25) is 0 Å². The molecule has 3 aliphatic heterocycles. The van der Waals surface area contributed by atoms with Gasteiger partial charge in [-0.3, -0.25) is 0 Å². The van der Waals surface area contributed by atoms with Gasteiger partial charge >= 0.3 is 173 Å². The summed E-state index contributed by atoms with van der Waals surface area (Å²) < 4.78 is 21.4. The molecule has 3 aliphatic rings. The molecule has 0 radical (unpaired) electrons. The summed E-state index contributed by atoms with van der Waals surface area (Å²) >= 11 is 7.17. The van der Waals surface area contributed by atoms with Crippen molar-refractivity contribution in [3.8, 4) is 5.75 Å². The number of ether oxygens (including phenoxy) is 3. The molecular weight excluding hydrogens is 781 g/mol. The SMILES string of the molecule is CC(O)C(C)NNC=Nc1ccc(N2CCN(c3ccc(OCC4COC(Cc5ccnnc5)(c5ccc(C6C[I-]6)cc5Cl)O4)cc3)CC2)cc1. The second kappa shape index (κ2) is 16.4. The fourth-order valence-electron chi connectivity index (χ4n) is 6.24. The zero-order valence-electron chi connectivity index (χ0n) is 28.8. The fourth-order valence-corrected chi connectivity index (χ4v) is 8.23. The van der Waals surface area contributed by atoms with Gasteiger partial charge in [0.15, 0.2) is 0 Å². The van der Waals surface area contributed by atoms with Gasteiger partial charge in [-0.15, -0.1) is 0 Å². The normalized spacial score (nSPS) is 23.1. The Hall–Kier alpha value is -3.53. The van der Waals surface area contributed by atoms with Crippen molar-refractivity contribution in [2.45, 2.75) is 48.2 Å².